The zero-order valence-corrected chi connectivity index (χ0v) is 9.93. The van der Waals surface area contributed by atoms with Crippen LogP contribution in [0.25, 0.3) is 11.3 Å². The Bertz CT molecular complexity index is 594. The number of nitriles is 1. The quantitative estimate of drug-likeness (QED) is 0.852. The van der Waals surface area contributed by atoms with Crippen LogP contribution in [-0.4, -0.2) is 21.3 Å². The summed E-state index contributed by atoms with van der Waals surface area (Å²) in [6, 6.07) is 6.07. The molecule has 0 aliphatic carbocycles. The molecule has 0 saturated carbocycles. The summed E-state index contributed by atoms with van der Waals surface area (Å²) in [6.45, 7) is 2.08. The molecule has 3 heterocycles. The third-order valence-electron chi connectivity index (χ3n) is 3.18. The van der Waals surface area contributed by atoms with Crippen molar-refractivity contribution >= 4 is 0 Å². The fourth-order valence-electron chi connectivity index (χ4n) is 2.36. The minimum atomic E-state index is 0.313. The van der Waals surface area contributed by atoms with Gasteiger partial charge in [-0.3, -0.25) is 9.67 Å². The SMILES string of the molecule is N#CCn1nc(-c2ccncc2)c2c1CCNC2. The van der Waals surface area contributed by atoms with E-state index in [4.69, 9.17) is 5.26 Å². The Morgan fingerprint density at radius 2 is 2.22 bits per heavy atom. The number of hydrogen-bond donors (Lipinski definition) is 1. The van der Waals surface area contributed by atoms with Gasteiger partial charge in [0.15, 0.2) is 0 Å². The molecule has 0 radical (unpaired) electrons. The second kappa shape index (κ2) is 4.59. The molecule has 2 aromatic rings. The Labute approximate surface area is 105 Å². The van der Waals surface area contributed by atoms with Crippen LogP contribution in [0.15, 0.2) is 24.5 Å². The molecule has 0 aromatic carbocycles. The maximum atomic E-state index is 8.86. The summed E-state index contributed by atoms with van der Waals surface area (Å²) in [5.41, 5.74) is 4.42. The summed E-state index contributed by atoms with van der Waals surface area (Å²) in [5, 5.41) is 16.8. The van der Waals surface area contributed by atoms with Crippen molar-refractivity contribution in [2.75, 3.05) is 6.54 Å². The van der Waals surface area contributed by atoms with E-state index >= 15 is 0 Å². The number of nitrogens with zero attached hydrogens (tertiary/aromatic N) is 4. The number of aromatic nitrogens is 3. The van der Waals surface area contributed by atoms with Gasteiger partial charge in [-0.15, -0.1) is 0 Å². The third kappa shape index (κ3) is 1.77. The van der Waals surface area contributed by atoms with Crippen LogP contribution < -0.4 is 5.32 Å². The number of rotatable bonds is 2. The van der Waals surface area contributed by atoms with Gasteiger partial charge in [-0.25, -0.2) is 0 Å². The number of hydrogen-bond acceptors (Lipinski definition) is 4. The Hall–Kier alpha value is -2.19. The highest BCUT2D eigenvalue weighted by Crippen LogP contribution is 2.27. The van der Waals surface area contributed by atoms with Crippen LogP contribution in [0.1, 0.15) is 11.3 Å². The molecule has 0 unspecified atom stereocenters. The first-order chi connectivity index (χ1) is 8.90. The molecule has 0 bridgehead atoms. The van der Waals surface area contributed by atoms with E-state index in [1.807, 2.05) is 16.8 Å². The van der Waals surface area contributed by atoms with Crippen molar-refractivity contribution in [1.82, 2.24) is 20.1 Å². The highest BCUT2D eigenvalue weighted by atomic mass is 15.3. The molecule has 0 saturated heterocycles. The molecule has 0 spiro atoms. The highest BCUT2D eigenvalue weighted by Gasteiger charge is 2.21. The zero-order chi connectivity index (χ0) is 12.4. The van der Waals surface area contributed by atoms with E-state index in [1.54, 1.807) is 12.4 Å². The van der Waals surface area contributed by atoms with Gasteiger partial charge in [-0.1, -0.05) is 0 Å². The lowest BCUT2D eigenvalue weighted by molar-refractivity contribution is 0.590. The molecule has 1 aliphatic heterocycles. The van der Waals surface area contributed by atoms with E-state index in [0.29, 0.717) is 6.54 Å². The summed E-state index contributed by atoms with van der Waals surface area (Å²) >= 11 is 0. The lowest BCUT2D eigenvalue weighted by Crippen LogP contribution is -2.24. The minimum absolute atomic E-state index is 0.313. The van der Waals surface area contributed by atoms with Gasteiger partial charge in [0.1, 0.15) is 6.54 Å². The van der Waals surface area contributed by atoms with Gasteiger partial charge in [0, 0.05) is 48.7 Å². The van der Waals surface area contributed by atoms with Crippen LogP contribution in [-0.2, 0) is 19.5 Å². The van der Waals surface area contributed by atoms with Crippen LogP contribution >= 0.6 is 0 Å². The van der Waals surface area contributed by atoms with Gasteiger partial charge in [-0.2, -0.15) is 10.4 Å². The molecule has 1 N–H and O–H groups in total. The van der Waals surface area contributed by atoms with E-state index in [9.17, 15) is 0 Å². The molecule has 0 fully saturated rings. The predicted molar refractivity (Wildman–Crippen MR) is 66.5 cm³/mol. The summed E-state index contributed by atoms with van der Waals surface area (Å²) in [4.78, 5) is 4.02. The first-order valence-electron chi connectivity index (χ1n) is 5.97. The van der Waals surface area contributed by atoms with Crippen LogP contribution in [0.2, 0.25) is 0 Å². The van der Waals surface area contributed by atoms with Gasteiger partial charge < -0.3 is 5.32 Å². The molecule has 2 aromatic heterocycles. The molecule has 5 nitrogen and oxygen atoms in total. The summed E-state index contributed by atoms with van der Waals surface area (Å²) in [7, 11) is 0. The Morgan fingerprint density at radius 3 is 3.00 bits per heavy atom. The monoisotopic (exact) mass is 239 g/mol. The van der Waals surface area contributed by atoms with Crippen molar-refractivity contribution in [1.29, 1.82) is 5.26 Å². The summed E-state index contributed by atoms with van der Waals surface area (Å²) in [6.07, 6.45) is 4.46. The van der Waals surface area contributed by atoms with Crippen molar-refractivity contribution in [3.8, 4) is 17.3 Å². The smallest absolute Gasteiger partial charge is 0.128 e. The molecule has 0 amide bonds. The molecule has 3 rings (SSSR count). The van der Waals surface area contributed by atoms with Gasteiger partial charge in [0.05, 0.1) is 11.8 Å². The van der Waals surface area contributed by atoms with Gasteiger partial charge >= 0.3 is 0 Å². The number of pyridine rings is 1. The van der Waals surface area contributed by atoms with Gasteiger partial charge in [0.2, 0.25) is 0 Å². The fourth-order valence-corrected chi connectivity index (χ4v) is 2.36. The van der Waals surface area contributed by atoms with Crippen LogP contribution in [0.5, 0.6) is 0 Å². The molecule has 90 valence electrons. The second-order valence-electron chi connectivity index (χ2n) is 4.25. The number of fused-ring (bicyclic) bond motifs is 1. The first-order valence-corrected chi connectivity index (χ1v) is 5.97. The summed E-state index contributed by atoms with van der Waals surface area (Å²) in [5.74, 6) is 0. The molecule has 0 atom stereocenters. The van der Waals surface area contributed by atoms with Crippen LogP contribution in [0.4, 0.5) is 0 Å². The largest absolute Gasteiger partial charge is 0.312 e. The number of nitrogens with one attached hydrogen (secondary N) is 1. The normalized spacial score (nSPS) is 13.9. The lowest BCUT2D eigenvalue weighted by atomic mass is 10.0. The van der Waals surface area contributed by atoms with E-state index in [-0.39, 0.29) is 0 Å². The maximum absolute atomic E-state index is 8.86. The van der Waals surface area contributed by atoms with Crippen molar-refractivity contribution in [2.45, 2.75) is 19.5 Å². The third-order valence-corrected chi connectivity index (χ3v) is 3.18. The molecule has 1 aliphatic rings. The molecular formula is C13H13N5. The first kappa shape index (κ1) is 10.9. The fraction of sp³-hybridized carbons (Fsp3) is 0.308. The Kier molecular flexibility index (Phi) is 2.79. The molecule has 5 heteroatoms. The Morgan fingerprint density at radius 1 is 1.39 bits per heavy atom. The van der Waals surface area contributed by atoms with E-state index in [2.05, 4.69) is 21.5 Å². The van der Waals surface area contributed by atoms with Crippen LogP contribution in [0, 0.1) is 11.3 Å². The average molecular weight is 239 g/mol. The molecule has 18 heavy (non-hydrogen) atoms. The molecular weight excluding hydrogens is 226 g/mol. The van der Waals surface area contributed by atoms with Gasteiger partial charge in [0.25, 0.3) is 0 Å². The van der Waals surface area contributed by atoms with Crippen molar-refractivity contribution < 1.29 is 0 Å². The topological polar surface area (TPSA) is 66.5 Å². The van der Waals surface area contributed by atoms with E-state index < -0.39 is 0 Å². The van der Waals surface area contributed by atoms with Crippen molar-refractivity contribution in [2.24, 2.45) is 0 Å². The van der Waals surface area contributed by atoms with Crippen LogP contribution in [0.3, 0.4) is 0 Å². The second-order valence-corrected chi connectivity index (χ2v) is 4.25. The highest BCUT2D eigenvalue weighted by molar-refractivity contribution is 5.64. The Balaban J connectivity index is 2.13. The van der Waals surface area contributed by atoms with E-state index in [1.165, 1.54) is 11.3 Å². The zero-order valence-electron chi connectivity index (χ0n) is 9.93. The standard InChI is InChI=1S/C13H13N5/c14-4-8-18-12-3-7-16-9-11(12)13(17-18)10-1-5-15-6-2-10/h1-2,5-6,16H,3,7-9H2. The van der Waals surface area contributed by atoms with Gasteiger partial charge in [-0.05, 0) is 12.1 Å². The van der Waals surface area contributed by atoms with E-state index in [0.717, 1.165) is 30.8 Å². The summed E-state index contributed by atoms with van der Waals surface area (Å²) < 4.78 is 1.83. The van der Waals surface area contributed by atoms with Crippen molar-refractivity contribution in [3.63, 3.8) is 0 Å². The lowest BCUT2D eigenvalue weighted by Gasteiger charge is -2.14. The minimum Gasteiger partial charge on any atom is -0.312 e. The van der Waals surface area contributed by atoms with Crippen molar-refractivity contribution in [3.05, 3.63) is 35.8 Å². The maximum Gasteiger partial charge on any atom is 0.128 e. The average Bonchev–Trinajstić information content (AvgIpc) is 2.80. The predicted octanol–water partition coefficient (Wildman–Crippen LogP) is 1.11.